The van der Waals surface area contributed by atoms with E-state index >= 15 is 0 Å². The van der Waals surface area contributed by atoms with E-state index < -0.39 is 0 Å². The first-order valence-electron chi connectivity index (χ1n) is 7.60. The average Bonchev–Trinajstić information content (AvgIpc) is 2.64. The number of ether oxygens (including phenoxy) is 4. The molecule has 2 aromatic carbocycles. The first kappa shape index (κ1) is 18.2. The highest BCUT2D eigenvalue weighted by Gasteiger charge is 2.18. The Kier molecular flexibility index (Phi) is 7.02. The second kappa shape index (κ2) is 9.24. The fourth-order valence-electron chi connectivity index (χ4n) is 2.29. The van der Waals surface area contributed by atoms with Crippen LogP contribution in [0.3, 0.4) is 0 Å². The van der Waals surface area contributed by atoms with E-state index in [9.17, 15) is 0 Å². The summed E-state index contributed by atoms with van der Waals surface area (Å²) in [5.41, 5.74) is 14.5. The number of rotatable bonds is 9. The van der Waals surface area contributed by atoms with Crippen LogP contribution in [0.2, 0.25) is 0 Å². The van der Waals surface area contributed by atoms with Crippen molar-refractivity contribution in [2.24, 2.45) is 11.5 Å². The first-order valence-corrected chi connectivity index (χ1v) is 7.60. The normalized spacial score (nSPS) is 13.3. The van der Waals surface area contributed by atoms with Gasteiger partial charge in [-0.05, 0) is 35.4 Å². The van der Waals surface area contributed by atoms with Crippen molar-refractivity contribution in [1.29, 1.82) is 0 Å². The van der Waals surface area contributed by atoms with Gasteiger partial charge in [-0.25, -0.2) is 0 Å². The third kappa shape index (κ3) is 4.94. The van der Waals surface area contributed by atoms with E-state index in [4.69, 9.17) is 30.4 Å². The zero-order valence-electron chi connectivity index (χ0n) is 14.0. The standard InChI is InChI=1S/C18H24N2O4/c1-21-11-23-15-7-3-5-13(9-15)17(19)18(20)14-6-4-8-16(10-14)24-12-22-2/h3-10,17-18H,11-12,19-20H2,1-2H3/t17-,18-/m1/s1. The Bertz CT molecular complexity index is 580. The molecule has 6 heteroatoms. The second-order valence-electron chi connectivity index (χ2n) is 5.30. The summed E-state index contributed by atoms with van der Waals surface area (Å²) in [6.07, 6.45) is 0. The molecule has 0 amide bonds. The van der Waals surface area contributed by atoms with E-state index in [1.54, 1.807) is 14.2 Å². The van der Waals surface area contributed by atoms with Gasteiger partial charge >= 0.3 is 0 Å². The van der Waals surface area contributed by atoms with Crippen LogP contribution in [0, 0.1) is 0 Å². The van der Waals surface area contributed by atoms with Gasteiger partial charge in [0, 0.05) is 26.3 Å². The summed E-state index contributed by atoms with van der Waals surface area (Å²) >= 11 is 0. The molecule has 0 aliphatic carbocycles. The van der Waals surface area contributed by atoms with Crippen molar-refractivity contribution in [2.45, 2.75) is 12.1 Å². The lowest BCUT2D eigenvalue weighted by atomic mass is 9.94. The zero-order chi connectivity index (χ0) is 17.4. The lowest BCUT2D eigenvalue weighted by Crippen LogP contribution is -2.26. The highest BCUT2D eigenvalue weighted by atomic mass is 16.7. The van der Waals surface area contributed by atoms with Crippen molar-refractivity contribution < 1.29 is 18.9 Å². The molecule has 0 bridgehead atoms. The predicted octanol–water partition coefficient (Wildman–Crippen LogP) is 2.35. The van der Waals surface area contributed by atoms with Crippen molar-refractivity contribution in [3.05, 3.63) is 59.7 Å². The minimum absolute atomic E-state index is 0.184. The summed E-state index contributed by atoms with van der Waals surface area (Å²) < 4.78 is 20.7. The number of hydrogen-bond acceptors (Lipinski definition) is 6. The average molecular weight is 332 g/mol. The summed E-state index contributed by atoms with van der Waals surface area (Å²) in [6.45, 7) is 0.368. The van der Waals surface area contributed by atoms with Crippen LogP contribution in [0.4, 0.5) is 0 Å². The molecule has 0 saturated carbocycles. The summed E-state index contributed by atoms with van der Waals surface area (Å²) in [6, 6.07) is 14.3. The summed E-state index contributed by atoms with van der Waals surface area (Å²) in [5.74, 6) is 1.38. The second-order valence-corrected chi connectivity index (χ2v) is 5.30. The molecule has 2 aromatic rings. The Balaban J connectivity index is 2.12. The minimum Gasteiger partial charge on any atom is -0.468 e. The van der Waals surface area contributed by atoms with Crippen LogP contribution in [-0.2, 0) is 9.47 Å². The van der Waals surface area contributed by atoms with Crippen LogP contribution < -0.4 is 20.9 Å². The molecule has 4 N–H and O–H groups in total. The Morgan fingerprint density at radius 3 is 1.54 bits per heavy atom. The van der Waals surface area contributed by atoms with Gasteiger partial charge in [-0.2, -0.15) is 0 Å². The van der Waals surface area contributed by atoms with Crippen LogP contribution in [0.15, 0.2) is 48.5 Å². The maximum absolute atomic E-state index is 6.34. The van der Waals surface area contributed by atoms with Crippen LogP contribution in [0.25, 0.3) is 0 Å². The fourth-order valence-corrected chi connectivity index (χ4v) is 2.29. The lowest BCUT2D eigenvalue weighted by molar-refractivity contribution is 0.0508. The van der Waals surface area contributed by atoms with Crippen molar-refractivity contribution >= 4 is 0 Å². The molecule has 0 radical (unpaired) electrons. The van der Waals surface area contributed by atoms with Crippen molar-refractivity contribution in [1.82, 2.24) is 0 Å². The third-order valence-corrected chi connectivity index (χ3v) is 3.56. The molecule has 2 atom stereocenters. The van der Waals surface area contributed by atoms with Gasteiger partial charge in [0.2, 0.25) is 0 Å². The molecule has 0 fully saturated rings. The third-order valence-electron chi connectivity index (χ3n) is 3.56. The number of hydrogen-bond donors (Lipinski definition) is 2. The molecule has 0 saturated heterocycles. The maximum atomic E-state index is 6.34. The van der Waals surface area contributed by atoms with E-state index in [1.807, 2.05) is 48.5 Å². The molecular formula is C18H24N2O4. The van der Waals surface area contributed by atoms with E-state index in [-0.39, 0.29) is 25.7 Å². The van der Waals surface area contributed by atoms with Gasteiger partial charge in [-0.15, -0.1) is 0 Å². The Hall–Kier alpha value is -2.12. The van der Waals surface area contributed by atoms with Gasteiger partial charge in [0.25, 0.3) is 0 Å². The molecule has 0 aliphatic heterocycles. The van der Waals surface area contributed by atoms with Gasteiger partial charge in [-0.1, -0.05) is 24.3 Å². The predicted molar refractivity (Wildman–Crippen MR) is 91.7 cm³/mol. The molecule has 0 spiro atoms. The van der Waals surface area contributed by atoms with Gasteiger partial charge in [-0.3, -0.25) is 0 Å². The van der Waals surface area contributed by atoms with Crippen LogP contribution in [0.5, 0.6) is 11.5 Å². The van der Waals surface area contributed by atoms with E-state index in [0.29, 0.717) is 11.5 Å². The summed E-state index contributed by atoms with van der Waals surface area (Å²) in [7, 11) is 3.15. The Morgan fingerprint density at radius 2 is 1.17 bits per heavy atom. The molecule has 2 rings (SSSR count). The molecule has 0 unspecified atom stereocenters. The van der Waals surface area contributed by atoms with Crippen molar-refractivity contribution in [2.75, 3.05) is 27.8 Å². The number of methoxy groups -OCH3 is 2. The van der Waals surface area contributed by atoms with E-state index in [1.165, 1.54) is 0 Å². The molecule has 0 aromatic heterocycles. The smallest absolute Gasteiger partial charge is 0.188 e. The topological polar surface area (TPSA) is 89.0 Å². The van der Waals surface area contributed by atoms with Gasteiger partial charge in [0.15, 0.2) is 13.6 Å². The van der Waals surface area contributed by atoms with E-state index in [0.717, 1.165) is 11.1 Å². The zero-order valence-corrected chi connectivity index (χ0v) is 14.0. The number of nitrogens with two attached hydrogens (primary N) is 2. The summed E-state index contributed by atoms with van der Waals surface area (Å²) in [4.78, 5) is 0. The van der Waals surface area contributed by atoms with Crippen LogP contribution in [0.1, 0.15) is 23.2 Å². The lowest BCUT2D eigenvalue weighted by Gasteiger charge is -2.22. The van der Waals surface area contributed by atoms with Crippen LogP contribution in [-0.4, -0.2) is 27.8 Å². The number of benzene rings is 2. The van der Waals surface area contributed by atoms with Gasteiger partial charge < -0.3 is 30.4 Å². The molecular weight excluding hydrogens is 308 g/mol. The first-order chi connectivity index (χ1) is 11.7. The quantitative estimate of drug-likeness (QED) is 0.685. The SMILES string of the molecule is COCOc1cccc([C@@H](N)[C@H](N)c2cccc(OCOC)c2)c1. The maximum Gasteiger partial charge on any atom is 0.188 e. The minimum atomic E-state index is -0.381. The van der Waals surface area contributed by atoms with Crippen LogP contribution >= 0.6 is 0 Å². The Morgan fingerprint density at radius 1 is 0.750 bits per heavy atom. The van der Waals surface area contributed by atoms with E-state index in [2.05, 4.69) is 0 Å². The highest BCUT2D eigenvalue weighted by Crippen LogP contribution is 2.28. The fraction of sp³-hybridized carbons (Fsp3) is 0.333. The largest absolute Gasteiger partial charge is 0.468 e. The van der Waals surface area contributed by atoms with Crippen molar-refractivity contribution in [3.63, 3.8) is 0 Å². The highest BCUT2D eigenvalue weighted by molar-refractivity contribution is 5.35. The van der Waals surface area contributed by atoms with Crippen molar-refractivity contribution in [3.8, 4) is 11.5 Å². The Labute approximate surface area is 142 Å². The molecule has 0 aliphatic rings. The monoisotopic (exact) mass is 332 g/mol. The van der Waals surface area contributed by atoms with Gasteiger partial charge in [0.1, 0.15) is 11.5 Å². The molecule has 0 heterocycles. The molecule has 24 heavy (non-hydrogen) atoms. The molecule has 130 valence electrons. The van der Waals surface area contributed by atoms with Gasteiger partial charge in [0.05, 0.1) is 0 Å². The molecule has 6 nitrogen and oxygen atoms in total. The summed E-state index contributed by atoms with van der Waals surface area (Å²) in [5, 5.41) is 0.